The van der Waals surface area contributed by atoms with Gasteiger partial charge in [0.2, 0.25) is 6.29 Å². The zero-order valence-electron chi connectivity index (χ0n) is 17.3. The molecule has 0 radical (unpaired) electrons. The second-order valence-electron chi connectivity index (χ2n) is 6.72. The summed E-state index contributed by atoms with van der Waals surface area (Å²) >= 11 is 0. The number of hydrogen-bond acceptors (Lipinski definition) is 7. The lowest BCUT2D eigenvalue weighted by atomic mass is 10.1. The number of esters is 3. The first-order chi connectivity index (χ1) is 14.3. The number of carbonyl (C=O) groups is 3. The van der Waals surface area contributed by atoms with Gasteiger partial charge in [0.15, 0.2) is 0 Å². The SMILES string of the molecule is CC(=O)OC(C)OC(COC(=O)c1ccccc1)C[C@@H](C)OC(=O)c1ccccc1. The summed E-state index contributed by atoms with van der Waals surface area (Å²) in [5, 5.41) is 0. The van der Waals surface area contributed by atoms with Gasteiger partial charge in [-0.1, -0.05) is 36.4 Å². The molecule has 0 heterocycles. The lowest BCUT2D eigenvalue weighted by Crippen LogP contribution is -2.32. The quantitative estimate of drug-likeness (QED) is 0.332. The molecule has 0 N–H and O–H groups in total. The van der Waals surface area contributed by atoms with Crippen molar-refractivity contribution in [2.24, 2.45) is 0 Å². The van der Waals surface area contributed by atoms with Crippen LogP contribution in [0.2, 0.25) is 0 Å². The number of carbonyl (C=O) groups excluding carboxylic acids is 3. The van der Waals surface area contributed by atoms with Crippen LogP contribution in [-0.4, -0.2) is 43.0 Å². The van der Waals surface area contributed by atoms with E-state index in [1.807, 2.05) is 6.07 Å². The van der Waals surface area contributed by atoms with Crippen molar-refractivity contribution in [2.45, 2.75) is 45.7 Å². The van der Waals surface area contributed by atoms with E-state index in [9.17, 15) is 14.4 Å². The summed E-state index contributed by atoms with van der Waals surface area (Å²) in [5.41, 5.74) is 0.846. The summed E-state index contributed by atoms with van der Waals surface area (Å²) < 4.78 is 21.5. The van der Waals surface area contributed by atoms with Crippen molar-refractivity contribution in [3.63, 3.8) is 0 Å². The Hall–Kier alpha value is -3.19. The van der Waals surface area contributed by atoms with Crippen LogP contribution in [0.1, 0.15) is 47.9 Å². The first kappa shape index (κ1) is 23.1. The van der Waals surface area contributed by atoms with Gasteiger partial charge >= 0.3 is 17.9 Å². The van der Waals surface area contributed by atoms with Gasteiger partial charge in [-0.2, -0.15) is 0 Å². The van der Waals surface area contributed by atoms with E-state index in [4.69, 9.17) is 18.9 Å². The third-order valence-electron chi connectivity index (χ3n) is 4.04. The van der Waals surface area contributed by atoms with Crippen molar-refractivity contribution >= 4 is 17.9 Å². The molecule has 0 aliphatic rings. The summed E-state index contributed by atoms with van der Waals surface area (Å²) in [6.45, 7) is 4.46. The maximum Gasteiger partial charge on any atom is 0.338 e. The summed E-state index contributed by atoms with van der Waals surface area (Å²) in [6, 6.07) is 17.2. The first-order valence-corrected chi connectivity index (χ1v) is 9.66. The Balaban J connectivity index is 1.96. The van der Waals surface area contributed by atoms with Crippen LogP contribution in [0.4, 0.5) is 0 Å². The minimum absolute atomic E-state index is 0.0907. The Morgan fingerprint density at radius 2 is 1.33 bits per heavy atom. The molecule has 0 fully saturated rings. The molecule has 0 amide bonds. The second kappa shape index (κ2) is 11.7. The zero-order valence-corrected chi connectivity index (χ0v) is 17.3. The van der Waals surface area contributed by atoms with E-state index < -0.39 is 36.4 Å². The van der Waals surface area contributed by atoms with Crippen molar-refractivity contribution in [1.82, 2.24) is 0 Å². The summed E-state index contributed by atoms with van der Waals surface area (Å²) in [4.78, 5) is 35.6. The molecule has 0 saturated heterocycles. The van der Waals surface area contributed by atoms with E-state index in [0.29, 0.717) is 11.1 Å². The van der Waals surface area contributed by atoms with Crippen LogP contribution in [-0.2, 0) is 23.7 Å². The van der Waals surface area contributed by atoms with Gasteiger partial charge in [0.1, 0.15) is 12.7 Å². The fourth-order valence-electron chi connectivity index (χ4n) is 2.76. The first-order valence-electron chi connectivity index (χ1n) is 9.66. The van der Waals surface area contributed by atoms with Gasteiger partial charge in [-0.05, 0) is 38.1 Å². The van der Waals surface area contributed by atoms with Gasteiger partial charge in [-0.3, -0.25) is 4.79 Å². The molecule has 160 valence electrons. The molecule has 0 aliphatic carbocycles. The van der Waals surface area contributed by atoms with Crippen LogP contribution >= 0.6 is 0 Å². The van der Waals surface area contributed by atoms with E-state index in [0.717, 1.165) is 0 Å². The standard InChI is InChI=1S/C23H26O7/c1-16(28-23(26)20-12-8-5-9-13-20)14-21(30-18(3)29-17(2)24)15-27-22(25)19-10-6-4-7-11-19/h4-13,16,18,21H,14-15H2,1-3H3/t16-,18?,21?/m1/s1. The van der Waals surface area contributed by atoms with Gasteiger partial charge in [0.05, 0.1) is 17.2 Å². The molecular weight excluding hydrogens is 388 g/mol. The normalized spacial score (nSPS) is 13.6. The van der Waals surface area contributed by atoms with Crippen LogP contribution in [0, 0.1) is 0 Å². The molecule has 30 heavy (non-hydrogen) atoms. The van der Waals surface area contributed by atoms with Crippen LogP contribution < -0.4 is 0 Å². The molecule has 0 aromatic heterocycles. The van der Waals surface area contributed by atoms with Gasteiger partial charge in [0.25, 0.3) is 0 Å². The molecular formula is C23H26O7. The number of rotatable bonds is 10. The highest BCUT2D eigenvalue weighted by Crippen LogP contribution is 2.14. The predicted molar refractivity (Wildman–Crippen MR) is 109 cm³/mol. The highest BCUT2D eigenvalue weighted by atomic mass is 16.7. The summed E-state index contributed by atoms with van der Waals surface area (Å²) in [7, 11) is 0. The minimum atomic E-state index is -0.847. The Morgan fingerprint density at radius 3 is 1.87 bits per heavy atom. The molecule has 0 saturated carbocycles. The van der Waals surface area contributed by atoms with Gasteiger partial charge < -0.3 is 18.9 Å². The van der Waals surface area contributed by atoms with Gasteiger partial charge in [0, 0.05) is 13.3 Å². The number of hydrogen-bond donors (Lipinski definition) is 0. The second-order valence-corrected chi connectivity index (χ2v) is 6.72. The van der Waals surface area contributed by atoms with Crippen LogP contribution in [0.15, 0.2) is 60.7 Å². The molecule has 7 nitrogen and oxygen atoms in total. The monoisotopic (exact) mass is 414 g/mol. The Morgan fingerprint density at radius 1 is 0.800 bits per heavy atom. The zero-order chi connectivity index (χ0) is 21.9. The van der Waals surface area contributed by atoms with E-state index >= 15 is 0 Å². The topological polar surface area (TPSA) is 88.1 Å². The molecule has 2 aromatic rings. The van der Waals surface area contributed by atoms with Crippen molar-refractivity contribution in [2.75, 3.05) is 6.61 Å². The lowest BCUT2D eigenvalue weighted by Gasteiger charge is -2.24. The van der Waals surface area contributed by atoms with Crippen molar-refractivity contribution < 1.29 is 33.3 Å². The average molecular weight is 414 g/mol. The van der Waals surface area contributed by atoms with E-state index in [-0.39, 0.29) is 13.0 Å². The van der Waals surface area contributed by atoms with Crippen LogP contribution in [0.3, 0.4) is 0 Å². The molecule has 7 heteroatoms. The Labute approximate surface area is 175 Å². The maximum atomic E-state index is 12.2. The summed E-state index contributed by atoms with van der Waals surface area (Å²) in [6.07, 6.45) is -1.78. The van der Waals surface area contributed by atoms with E-state index in [2.05, 4.69) is 0 Å². The Kier molecular flexibility index (Phi) is 9.03. The molecule has 2 unspecified atom stereocenters. The van der Waals surface area contributed by atoms with Gasteiger partial charge in [-0.25, -0.2) is 9.59 Å². The van der Waals surface area contributed by atoms with E-state index in [1.165, 1.54) is 6.92 Å². The minimum Gasteiger partial charge on any atom is -0.459 e. The third-order valence-corrected chi connectivity index (χ3v) is 4.04. The van der Waals surface area contributed by atoms with Crippen LogP contribution in [0.5, 0.6) is 0 Å². The Bertz CT molecular complexity index is 820. The summed E-state index contributed by atoms with van der Waals surface area (Å²) in [5.74, 6) is -1.46. The van der Waals surface area contributed by atoms with Crippen LogP contribution in [0.25, 0.3) is 0 Å². The van der Waals surface area contributed by atoms with Gasteiger partial charge in [-0.15, -0.1) is 0 Å². The highest BCUT2D eigenvalue weighted by molar-refractivity contribution is 5.89. The maximum absolute atomic E-state index is 12.2. The third kappa shape index (κ3) is 8.05. The molecule has 0 spiro atoms. The fraction of sp³-hybridized carbons (Fsp3) is 0.348. The fourth-order valence-corrected chi connectivity index (χ4v) is 2.76. The number of benzene rings is 2. The molecule has 2 aromatic carbocycles. The molecule has 0 aliphatic heterocycles. The lowest BCUT2D eigenvalue weighted by molar-refractivity contribution is -0.188. The highest BCUT2D eigenvalue weighted by Gasteiger charge is 2.23. The average Bonchev–Trinajstić information content (AvgIpc) is 2.72. The van der Waals surface area contributed by atoms with Crippen molar-refractivity contribution in [1.29, 1.82) is 0 Å². The van der Waals surface area contributed by atoms with E-state index in [1.54, 1.807) is 68.4 Å². The largest absolute Gasteiger partial charge is 0.459 e. The van der Waals surface area contributed by atoms with Crippen molar-refractivity contribution in [3.8, 4) is 0 Å². The number of ether oxygens (including phenoxy) is 4. The predicted octanol–water partition coefficient (Wildman–Crippen LogP) is 3.77. The molecule has 0 bridgehead atoms. The molecule has 2 rings (SSSR count). The van der Waals surface area contributed by atoms with Crippen molar-refractivity contribution in [3.05, 3.63) is 71.8 Å². The smallest absolute Gasteiger partial charge is 0.338 e. The molecule has 3 atom stereocenters.